The molecular weight excluding hydrogens is 218 g/mol. The molecule has 1 aromatic heterocycles. The fraction of sp³-hybridized carbons (Fsp3) is 0.556. The molecule has 0 atom stereocenters. The van der Waals surface area contributed by atoms with Crippen LogP contribution in [0.3, 0.4) is 0 Å². The average molecular weight is 229 g/mol. The molecule has 76 valence electrons. The first-order valence-electron chi connectivity index (χ1n) is 4.41. The molecule has 5 heteroatoms. The van der Waals surface area contributed by atoms with E-state index in [0.29, 0.717) is 5.41 Å². The van der Waals surface area contributed by atoms with Gasteiger partial charge in [-0.15, -0.1) is 11.3 Å². The van der Waals surface area contributed by atoms with Gasteiger partial charge in [-0.1, -0.05) is 18.7 Å². The molecule has 1 aromatic rings. The van der Waals surface area contributed by atoms with Gasteiger partial charge in [-0.05, 0) is 12.8 Å². The number of rotatable bonds is 4. The van der Waals surface area contributed by atoms with Crippen LogP contribution in [0.1, 0.15) is 25.5 Å². The highest BCUT2D eigenvalue weighted by atomic mass is 32.2. The minimum Gasteiger partial charge on any atom is -0.481 e. The summed E-state index contributed by atoms with van der Waals surface area (Å²) in [5.74, 6) is -0.687. The molecule has 1 fully saturated rings. The Morgan fingerprint density at radius 3 is 3.07 bits per heavy atom. The van der Waals surface area contributed by atoms with Crippen molar-refractivity contribution in [3.8, 4) is 0 Å². The molecule has 0 radical (unpaired) electrons. The standard InChI is InChI=1S/C9H11NO2S2/c1-9(2-3-9)6-4-13-8(10-6)14-5-7(11)12/h4H,2-3,5H2,1H3,(H,11,12). The normalized spacial score (nSPS) is 18.1. The molecule has 3 nitrogen and oxygen atoms in total. The number of hydrogen-bond acceptors (Lipinski definition) is 4. The lowest BCUT2D eigenvalue weighted by atomic mass is 10.1. The first kappa shape index (κ1) is 9.98. The number of nitrogens with zero attached hydrogens (tertiary/aromatic N) is 1. The zero-order valence-corrected chi connectivity index (χ0v) is 9.45. The van der Waals surface area contributed by atoms with Gasteiger partial charge < -0.3 is 5.11 Å². The molecule has 2 rings (SSSR count). The molecule has 1 N–H and O–H groups in total. The van der Waals surface area contributed by atoms with Crippen LogP contribution in [0.15, 0.2) is 9.72 Å². The van der Waals surface area contributed by atoms with E-state index in [0.717, 1.165) is 10.0 Å². The zero-order valence-electron chi connectivity index (χ0n) is 7.82. The van der Waals surface area contributed by atoms with Gasteiger partial charge in [-0.3, -0.25) is 4.79 Å². The van der Waals surface area contributed by atoms with Gasteiger partial charge in [0, 0.05) is 10.8 Å². The third-order valence-electron chi connectivity index (χ3n) is 2.42. The maximum absolute atomic E-state index is 10.3. The van der Waals surface area contributed by atoms with Crippen molar-refractivity contribution >= 4 is 29.1 Å². The summed E-state index contributed by atoms with van der Waals surface area (Å²) in [5.41, 5.74) is 1.42. The molecule has 0 spiro atoms. The number of aliphatic carboxylic acids is 1. The lowest BCUT2D eigenvalue weighted by Crippen LogP contribution is -2.00. The molecule has 0 saturated heterocycles. The molecule has 1 heterocycles. The van der Waals surface area contributed by atoms with Crippen molar-refractivity contribution in [3.05, 3.63) is 11.1 Å². The van der Waals surface area contributed by atoms with Crippen molar-refractivity contribution in [1.29, 1.82) is 0 Å². The monoisotopic (exact) mass is 229 g/mol. The fourth-order valence-electron chi connectivity index (χ4n) is 1.17. The van der Waals surface area contributed by atoms with E-state index in [2.05, 4.69) is 17.3 Å². The van der Waals surface area contributed by atoms with Crippen molar-refractivity contribution < 1.29 is 9.90 Å². The van der Waals surface area contributed by atoms with Crippen LogP contribution in [-0.4, -0.2) is 21.8 Å². The lowest BCUT2D eigenvalue weighted by Gasteiger charge is -2.00. The Hall–Kier alpha value is -0.550. The van der Waals surface area contributed by atoms with E-state index in [1.54, 1.807) is 11.3 Å². The van der Waals surface area contributed by atoms with Gasteiger partial charge in [0.15, 0.2) is 4.34 Å². The molecule has 0 bridgehead atoms. The van der Waals surface area contributed by atoms with Gasteiger partial charge in [0.25, 0.3) is 0 Å². The van der Waals surface area contributed by atoms with Crippen LogP contribution in [0.5, 0.6) is 0 Å². The van der Waals surface area contributed by atoms with Crippen molar-refractivity contribution in [1.82, 2.24) is 4.98 Å². The number of carbonyl (C=O) groups is 1. The number of hydrogen-bond donors (Lipinski definition) is 1. The summed E-state index contributed by atoms with van der Waals surface area (Å²) in [7, 11) is 0. The SMILES string of the molecule is CC1(c2csc(SCC(=O)O)n2)CC1. The average Bonchev–Trinajstić information content (AvgIpc) is 2.70. The van der Waals surface area contributed by atoms with E-state index in [4.69, 9.17) is 5.11 Å². The second kappa shape index (κ2) is 3.55. The highest BCUT2D eigenvalue weighted by Gasteiger charge is 2.41. The van der Waals surface area contributed by atoms with Crippen molar-refractivity contribution in [2.24, 2.45) is 0 Å². The third-order valence-corrected chi connectivity index (χ3v) is 4.43. The number of aromatic nitrogens is 1. The maximum Gasteiger partial charge on any atom is 0.313 e. The maximum atomic E-state index is 10.3. The van der Waals surface area contributed by atoms with E-state index in [-0.39, 0.29) is 5.75 Å². The van der Waals surface area contributed by atoms with Crippen LogP contribution in [0.2, 0.25) is 0 Å². The van der Waals surface area contributed by atoms with Gasteiger partial charge in [-0.2, -0.15) is 0 Å². The van der Waals surface area contributed by atoms with E-state index < -0.39 is 5.97 Å². The number of thioether (sulfide) groups is 1. The minimum absolute atomic E-state index is 0.101. The summed E-state index contributed by atoms with van der Waals surface area (Å²) >= 11 is 2.85. The molecule has 0 aromatic carbocycles. The summed E-state index contributed by atoms with van der Waals surface area (Å²) in [6.07, 6.45) is 2.42. The van der Waals surface area contributed by atoms with Gasteiger partial charge in [0.1, 0.15) is 0 Å². The van der Waals surface area contributed by atoms with Crippen molar-refractivity contribution in [2.75, 3.05) is 5.75 Å². The Bertz CT molecular complexity index is 357. The van der Waals surface area contributed by atoms with Crippen LogP contribution in [-0.2, 0) is 10.2 Å². The number of carboxylic acids is 1. The molecular formula is C9H11NO2S2. The Balaban J connectivity index is 1.99. The van der Waals surface area contributed by atoms with E-state index >= 15 is 0 Å². The topological polar surface area (TPSA) is 50.2 Å². The highest BCUT2D eigenvalue weighted by Crippen LogP contribution is 2.48. The van der Waals surface area contributed by atoms with Crippen molar-refractivity contribution in [2.45, 2.75) is 29.5 Å². The lowest BCUT2D eigenvalue weighted by molar-refractivity contribution is -0.133. The minimum atomic E-state index is -0.788. The zero-order chi connectivity index (χ0) is 10.2. The molecule has 0 unspecified atom stereocenters. The van der Waals surface area contributed by atoms with Crippen LogP contribution in [0, 0.1) is 0 Å². The Morgan fingerprint density at radius 1 is 1.79 bits per heavy atom. The summed E-state index contributed by atoms with van der Waals surface area (Å²) in [6, 6.07) is 0. The van der Waals surface area contributed by atoms with Gasteiger partial charge >= 0.3 is 5.97 Å². The molecule has 1 saturated carbocycles. The van der Waals surface area contributed by atoms with E-state index in [9.17, 15) is 4.79 Å². The quantitative estimate of drug-likeness (QED) is 0.805. The number of thiazole rings is 1. The van der Waals surface area contributed by atoms with Gasteiger partial charge in [0.2, 0.25) is 0 Å². The first-order valence-corrected chi connectivity index (χ1v) is 6.27. The third kappa shape index (κ3) is 2.09. The number of carboxylic acid groups (broad SMARTS) is 1. The summed E-state index contributed by atoms with van der Waals surface area (Å²) in [6.45, 7) is 2.20. The first-order chi connectivity index (χ1) is 6.60. The molecule has 0 aliphatic heterocycles. The van der Waals surface area contributed by atoms with Crippen molar-refractivity contribution in [3.63, 3.8) is 0 Å². The summed E-state index contributed by atoms with van der Waals surface area (Å²) < 4.78 is 0.871. The van der Waals surface area contributed by atoms with E-state index in [1.807, 2.05) is 0 Å². The fourth-order valence-corrected chi connectivity index (χ4v) is 2.87. The van der Waals surface area contributed by atoms with Crippen LogP contribution < -0.4 is 0 Å². The predicted molar refractivity (Wildman–Crippen MR) is 57.1 cm³/mol. The largest absolute Gasteiger partial charge is 0.481 e. The molecule has 1 aliphatic rings. The van der Waals surface area contributed by atoms with Gasteiger partial charge in [0.05, 0.1) is 11.4 Å². The molecule has 14 heavy (non-hydrogen) atoms. The van der Waals surface area contributed by atoms with E-state index in [1.165, 1.54) is 24.6 Å². The highest BCUT2D eigenvalue weighted by molar-refractivity contribution is 8.01. The summed E-state index contributed by atoms with van der Waals surface area (Å²) in [4.78, 5) is 14.8. The second-order valence-electron chi connectivity index (χ2n) is 3.74. The Kier molecular flexibility index (Phi) is 2.53. The molecule has 0 amide bonds. The predicted octanol–water partition coefficient (Wildman–Crippen LogP) is 2.37. The Morgan fingerprint density at radius 2 is 2.50 bits per heavy atom. The smallest absolute Gasteiger partial charge is 0.313 e. The van der Waals surface area contributed by atoms with Crippen LogP contribution in [0.4, 0.5) is 0 Å². The summed E-state index contributed by atoms with van der Waals surface area (Å²) in [5, 5.41) is 10.6. The van der Waals surface area contributed by atoms with Crippen LogP contribution >= 0.6 is 23.1 Å². The second-order valence-corrected chi connectivity index (χ2v) is 5.82. The van der Waals surface area contributed by atoms with Crippen LogP contribution in [0.25, 0.3) is 0 Å². The Labute approximate surface area is 90.6 Å². The van der Waals surface area contributed by atoms with Gasteiger partial charge in [-0.25, -0.2) is 4.98 Å². The molecule has 1 aliphatic carbocycles.